The molecule has 0 radical (unpaired) electrons. The lowest BCUT2D eigenvalue weighted by atomic mass is 10.1. The van der Waals surface area contributed by atoms with Crippen LogP contribution in [0.25, 0.3) is 0 Å². The van der Waals surface area contributed by atoms with Crippen molar-refractivity contribution in [2.75, 3.05) is 17.2 Å². The van der Waals surface area contributed by atoms with E-state index < -0.39 is 29.4 Å². The molecule has 5 nitrogen and oxygen atoms in total. The van der Waals surface area contributed by atoms with Crippen molar-refractivity contribution >= 4 is 23.2 Å². The van der Waals surface area contributed by atoms with Crippen molar-refractivity contribution in [1.29, 1.82) is 0 Å². The standard InChI is InChI=1S/C18H17F4N3O2/c1-11(26)25-14-6-7-16(15(8-14)18(20,21)22)23-10-17(27)24-9-12-2-4-13(19)5-3-12/h2-8,23H,9-10H2,1H3,(H,24,27)(H,25,26). The molecule has 2 aromatic carbocycles. The maximum atomic E-state index is 13.2. The van der Waals surface area contributed by atoms with E-state index in [1.54, 1.807) is 0 Å². The number of nitrogens with one attached hydrogen (secondary N) is 3. The van der Waals surface area contributed by atoms with Crippen LogP contribution in [-0.2, 0) is 22.3 Å². The van der Waals surface area contributed by atoms with Gasteiger partial charge in [-0.05, 0) is 35.9 Å². The largest absolute Gasteiger partial charge is 0.418 e. The van der Waals surface area contributed by atoms with Crippen LogP contribution in [0, 0.1) is 5.82 Å². The van der Waals surface area contributed by atoms with Gasteiger partial charge in [-0.2, -0.15) is 13.2 Å². The highest BCUT2D eigenvalue weighted by Gasteiger charge is 2.34. The first kappa shape index (κ1) is 20.2. The molecule has 0 spiro atoms. The van der Waals surface area contributed by atoms with Crippen LogP contribution in [0.15, 0.2) is 42.5 Å². The molecule has 0 saturated carbocycles. The van der Waals surface area contributed by atoms with Gasteiger partial charge in [-0.15, -0.1) is 0 Å². The quantitative estimate of drug-likeness (QED) is 0.669. The number of rotatable bonds is 6. The van der Waals surface area contributed by atoms with Crippen molar-refractivity contribution in [1.82, 2.24) is 5.32 Å². The van der Waals surface area contributed by atoms with Gasteiger partial charge in [0.25, 0.3) is 0 Å². The first-order valence-electron chi connectivity index (χ1n) is 7.89. The number of anilines is 2. The molecule has 2 rings (SSSR count). The van der Waals surface area contributed by atoms with Crippen molar-refractivity contribution in [3.8, 4) is 0 Å². The fourth-order valence-electron chi connectivity index (χ4n) is 2.25. The van der Waals surface area contributed by atoms with Crippen molar-refractivity contribution in [3.05, 3.63) is 59.4 Å². The maximum absolute atomic E-state index is 13.2. The Bertz CT molecular complexity index is 820. The molecule has 3 N–H and O–H groups in total. The smallest absolute Gasteiger partial charge is 0.376 e. The lowest BCUT2D eigenvalue weighted by Gasteiger charge is -2.16. The molecule has 0 heterocycles. The van der Waals surface area contributed by atoms with E-state index in [0.29, 0.717) is 5.56 Å². The first-order valence-corrected chi connectivity index (χ1v) is 7.89. The van der Waals surface area contributed by atoms with Crippen LogP contribution in [0.1, 0.15) is 18.1 Å². The van der Waals surface area contributed by atoms with Crippen LogP contribution < -0.4 is 16.0 Å². The van der Waals surface area contributed by atoms with Crippen molar-refractivity contribution < 1.29 is 27.2 Å². The minimum atomic E-state index is -4.67. The van der Waals surface area contributed by atoms with E-state index in [0.717, 1.165) is 12.1 Å². The molecular weight excluding hydrogens is 366 g/mol. The molecule has 0 aliphatic rings. The van der Waals surface area contributed by atoms with E-state index in [-0.39, 0.29) is 24.5 Å². The third-order valence-electron chi connectivity index (χ3n) is 3.49. The highest BCUT2D eigenvalue weighted by molar-refractivity contribution is 5.89. The van der Waals surface area contributed by atoms with Gasteiger partial charge >= 0.3 is 6.18 Å². The molecule has 9 heteroatoms. The summed E-state index contributed by atoms with van der Waals surface area (Å²) in [6.45, 7) is 0.920. The topological polar surface area (TPSA) is 70.2 Å². The Labute approximate surface area is 152 Å². The summed E-state index contributed by atoms with van der Waals surface area (Å²) in [6, 6.07) is 8.70. The lowest BCUT2D eigenvalue weighted by Crippen LogP contribution is -2.30. The Morgan fingerprint density at radius 2 is 1.70 bits per heavy atom. The van der Waals surface area contributed by atoms with Gasteiger partial charge in [-0.25, -0.2) is 4.39 Å². The average molecular weight is 383 g/mol. The summed E-state index contributed by atoms with van der Waals surface area (Å²) in [7, 11) is 0. The maximum Gasteiger partial charge on any atom is 0.418 e. The second-order valence-corrected chi connectivity index (χ2v) is 5.70. The van der Waals surface area contributed by atoms with Gasteiger partial charge in [0.1, 0.15) is 5.82 Å². The van der Waals surface area contributed by atoms with E-state index in [4.69, 9.17) is 0 Å². The molecule has 0 atom stereocenters. The average Bonchev–Trinajstić information content (AvgIpc) is 2.58. The summed E-state index contributed by atoms with van der Waals surface area (Å²) in [5, 5.41) is 7.24. The summed E-state index contributed by atoms with van der Waals surface area (Å²) in [4.78, 5) is 22.8. The molecule has 2 amide bonds. The Hall–Kier alpha value is -3.10. The van der Waals surface area contributed by atoms with E-state index in [2.05, 4.69) is 16.0 Å². The van der Waals surface area contributed by atoms with Crippen LogP contribution in [0.4, 0.5) is 28.9 Å². The Kier molecular flexibility index (Phi) is 6.38. The Morgan fingerprint density at radius 1 is 1.04 bits per heavy atom. The molecule has 0 aliphatic heterocycles. The van der Waals surface area contributed by atoms with Gasteiger partial charge in [0.2, 0.25) is 11.8 Å². The molecule has 0 unspecified atom stereocenters. The number of hydrogen-bond donors (Lipinski definition) is 3. The molecule has 0 bridgehead atoms. The summed E-state index contributed by atoms with van der Waals surface area (Å²) < 4.78 is 52.4. The number of carbonyl (C=O) groups is 2. The number of benzene rings is 2. The number of hydrogen-bond acceptors (Lipinski definition) is 3. The van der Waals surface area contributed by atoms with Gasteiger partial charge in [0, 0.05) is 24.8 Å². The minimum absolute atomic E-state index is 0.00105. The molecule has 27 heavy (non-hydrogen) atoms. The van der Waals surface area contributed by atoms with Crippen LogP contribution in [-0.4, -0.2) is 18.4 Å². The summed E-state index contributed by atoms with van der Waals surface area (Å²) >= 11 is 0. The fourth-order valence-corrected chi connectivity index (χ4v) is 2.25. The monoisotopic (exact) mass is 383 g/mol. The van der Waals surface area contributed by atoms with Gasteiger partial charge in [0.15, 0.2) is 0 Å². The third kappa shape index (κ3) is 6.28. The van der Waals surface area contributed by atoms with Crippen molar-refractivity contribution in [2.24, 2.45) is 0 Å². The number of carbonyl (C=O) groups excluding carboxylic acids is 2. The molecule has 0 aliphatic carbocycles. The molecule has 0 saturated heterocycles. The van der Waals surface area contributed by atoms with Crippen molar-refractivity contribution in [3.63, 3.8) is 0 Å². The second kappa shape index (κ2) is 8.52. The van der Waals surface area contributed by atoms with Crippen LogP contribution in [0.3, 0.4) is 0 Å². The molecule has 0 aromatic heterocycles. The predicted octanol–water partition coefficient (Wildman–Crippen LogP) is 3.53. The highest BCUT2D eigenvalue weighted by atomic mass is 19.4. The third-order valence-corrected chi connectivity index (χ3v) is 3.49. The molecule has 0 fully saturated rings. The number of halogens is 4. The summed E-state index contributed by atoms with van der Waals surface area (Å²) in [5.41, 5.74) is -0.629. The van der Waals surface area contributed by atoms with Crippen LogP contribution >= 0.6 is 0 Å². The fraction of sp³-hybridized carbons (Fsp3) is 0.222. The van der Waals surface area contributed by atoms with Crippen LogP contribution in [0.5, 0.6) is 0 Å². The Morgan fingerprint density at radius 3 is 2.30 bits per heavy atom. The van der Waals surface area contributed by atoms with Gasteiger partial charge < -0.3 is 16.0 Å². The SMILES string of the molecule is CC(=O)Nc1ccc(NCC(=O)NCc2ccc(F)cc2)c(C(F)(F)F)c1. The predicted molar refractivity (Wildman–Crippen MR) is 92.5 cm³/mol. The molecule has 2 aromatic rings. The zero-order chi connectivity index (χ0) is 20.0. The molecular formula is C18H17F4N3O2. The second-order valence-electron chi connectivity index (χ2n) is 5.70. The summed E-state index contributed by atoms with van der Waals surface area (Å²) in [5.74, 6) is -1.43. The highest BCUT2D eigenvalue weighted by Crippen LogP contribution is 2.36. The van der Waals surface area contributed by atoms with Gasteiger partial charge in [-0.1, -0.05) is 12.1 Å². The van der Waals surface area contributed by atoms with Gasteiger partial charge in [-0.3, -0.25) is 9.59 Å². The first-order chi connectivity index (χ1) is 12.6. The molecule has 144 valence electrons. The van der Waals surface area contributed by atoms with E-state index in [1.165, 1.54) is 37.3 Å². The number of alkyl halides is 3. The number of amides is 2. The zero-order valence-corrected chi connectivity index (χ0v) is 14.3. The van der Waals surface area contributed by atoms with E-state index >= 15 is 0 Å². The normalized spacial score (nSPS) is 11.0. The summed E-state index contributed by atoms with van der Waals surface area (Å²) in [6.07, 6.45) is -4.67. The van der Waals surface area contributed by atoms with Gasteiger partial charge in [0.05, 0.1) is 12.1 Å². The lowest BCUT2D eigenvalue weighted by molar-refractivity contribution is -0.137. The van der Waals surface area contributed by atoms with Crippen molar-refractivity contribution in [2.45, 2.75) is 19.6 Å². The van der Waals surface area contributed by atoms with Crippen LogP contribution in [0.2, 0.25) is 0 Å². The van der Waals surface area contributed by atoms with E-state index in [1.807, 2.05) is 0 Å². The van der Waals surface area contributed by atoms with E-state index in [9.17, 15) is 27.2 Å². The zero-order valence-electron chi connectivity index (χ0n) is 14.3. The Balaban J connectivity index is 2.00. The minimum Gasteiger partial charge on any atom is -0.376 e.